The summed E-state index contributed by atoms with van der Waals surface area (Å²) in [6, 6.07) is 1.41. The molecule has 0 aromatic carbocycles. The summed E-state index contributed by atoms with van der Waals surface area (Å²) >= 11 is 5.08. The second-order valence-corrected chi connectivity index (χ2v) is 11.2. The number of nitrogens with zero attached hydrogens (tertiary/aromatic N) is 3. The molecule has 0 amide bonds. The first-order valence-electron chi connectivity index (χ1n) is 10.9. The number of anilines is 1. The van der Waals surface area contributed by atoms with E-state index in [1.54, 1.807) is 0 Å². The quantitative estimate of drug-likeness (QED) is 0.232. The summed E-state index contributed by atoms with van der Waals surface area (Å²) in [7, 11) is 0. The number of aliphatic hydroxyl groups excluding tert-OH is 2. The minimum Gasteiger partial charge on any atom is -0.394 e. The van der Waals surface area contributed by atoms with Gasteiger partial charge in [0.25, 0.3) is 5.56 Å². The summed E-state index contributed by atoms with van der Waals surface area (Å²) in [4.78, 5) is 52.2. The van der Waals surface area contributed by atoms with Crippen LogP contribution in [0.15, 0.2) is 32.8 Å². The second-order valence-electron chi connectivity index (χ2n) is 8.41. The normalized spacial score (nSPS) is 29.9. The first kappa shape index (κ1) is 26.8. The summed E-state index contributed by atoms with van der Waals surface area (Å²) in [6.45, 7) is -3.22. The Kier molecular flexibility index (Phi) is 7.89. The van der Waals surface area contributed by atoms with Crippen LogP contribution in [0.25, 0.3) is 0 Å². The van der Waals surface area contributed by atoms with Gasteiger partial charge in [0.05, 0.1) is 25.4 Å². The van der Waals surface area contributed by atoms with E-state index in [9.17, 15) is 29.5 Å². The summed E-state index contributed by atoms with van der Waals surface area (Å²) < 4.78 is 24.6. The number of nitrogens with one attached hydrogen (secondary N) is 1. The fourth-order valence-corrected chi connectivity index (χ4v) is 5.47. The van der Waals surface area contributed by atoms with E-state index < -0.39 is 67.1 Å². The van der Waals surface area contributed by atoms with Crippen molar-refractivity contribution < 1.29 is 33.6 Å². The molecule has 2 aliphatic heterocycles. The molecule has 4 unspecified atom stereocenters. The van der Waals surface area contributed by atoms with E-state index in [0.29, 0.717) is 5.56 Å². The minimum atomic E-state index is -3.91. The molecule has 0 aliphatic carbocycles. The highest BCUT2D eigenvalue weighted by molar-refractivity contribution is 8.07. The first-order chi connectivity index (χ1) is 17.0. The predicted molar refractivity (Wildman–Crippen MR) is 126 cm³/mol. The lowest BCUT2D eigenvalue weighted by Gasteiger charge is -2.24. The summed E-state index contributed by atoms with van der Waals surface area (Å²) in [5.41, 5.74) is 3.92. The van der Waals surface area contributed by atoms with Gasteiger partial charge in [0.1, 0.15) is 30.5 Å². The Hall–Kier alpha value is -2.27. The lowest BCUT2D eigenvalue weighted by Crippen LogP contribution is -2.33. The highest BCUT2D eigenvalue weighted by atomic mass is 32.5. The molecule has 2 aromatic heterocycles. The minimum absolute atomic E-state index is 0.0314. The number of aryl methyl sites for hydroxylation is 1. The zero-order valence-corrected chi connectivity index (χ0v) is 20.7. The van der Waals surface area contributed by atoms with Gasteiger partial charge < -0.3 is 39.4 Å². The zero-order chi connectivity index (χ0) is 26.2. The van der Waals surface area contributed by atoms with Crippen molar-refractivity contribution in [2.45, 2.75) is 56.6 Å². The monoisotopic (exact) mass is 547 g/mol. The van der Waals surface area contributed by atoms with Crippen molar-refractivity contribution in [3.63, 3.8) is 0 Å². The first-order valence-corrected chi connectivity index (χ1v) is 13.5. The molecule has 0 bridgehead atoms. The Morgan fingerprint density at radius 2 is 1.94 bits per heavy atom. The fraction of sp³-hybridized carbons (Fsp3) is 0.579. The number of hydrogen-bond acceptors (Lipinski definition) is 12. The third-order valence-electron chi connectivity index (χ3n) is 5.85. The van der Waals surface area contributed by atoms with Crippen LogP contribution in [0.2, 0.25) is 0 Å². The molecule has 4 heterocycles. The Balaban J connectivity index is 1.37. The third-order valence-corrected chi connectivity index (χ3v) is 7.44. The average molecular weight is 547 g/mol. The van der Waals surface area contributed by atoms with E-state index >= 15 is 0 Å². The average Bonchev–Trinajstić information content (AvgIpc) is 3.37. The van der Waals surface area contributed by atoms with Crippen LogP contribution >= 0.6 is 6.72 Å². The Bertz CT molecular complexity index is 1330. The van der Waals surface area contributed by atoms with Crippen molar-refractivity contribution in [3.8, 4) is 0 Å². The fourth-order valence-electron chi connectivity index (χ4n) is 4.00. The third kappa shape index (κ3) is 5.82. The molecule has 0 saturated carbocycles. The number of ether oxygens (including phenoxy) is 2. The van der Waals surface area contributed by atoms with Gasteiger partial charge in [0, 0.05) is 30.8 Å². The van der Waals surface area contributed by atoms with Gasteiger partial charge >= 0.3 is 18.1 Å². The van der Waals surface area contributed by atoms with Gasteiger partial charge in [-0.05, 0) is 24.8 Å². The van der Waals surface area contributed by atoms with E-state index in [0.717, 1.165) is 4.57 Å². The maximum atomic E-state index is 12.1. The number of aromatic nitrogens is 4. The van der Waals surface area contributed by atoms with Crippen molar-refractivity contribution in [2.24, 2.45) is 0 Å². The number of nitrogen functional groups attached to an aromatic ring is 1. The molecular formula is C19H26N5O10PS. The van der Waals surface area contributed by atoms with Gasteiger partial charge in [-0.2, -0.15) is 4.98 Å². The van der Waals surface area contributed by atoms with Gasteiger partial charge in [-0.15, -0.1) is 0 Å². The topological polar surface area (TPSA) is 213 Å². The zero-order valence-electron chi connectivity index (χ0n) is 19.0. The Labute approximate surface area is 208 Å². The van der Waals surface area contributed by atoms with Crippen molar-refractivity contribution >= 4 is 24.3 Å². The van der Waals surface area contributed by atoms with Crippen LogP contribution in [0.3, 0.4) is 0 Å². The summed E-state index contributed by atoms with van der Waals surface area (Å²) in [6.07, 6.45) is -2.74. The lowest BCUT2D eigenvalue weighted by molar-refractivity contribution is -0.0531. The molecule has 2 saturated heterocycles. The number of rotatable bonds is 8. The van der Waals surface area contributed by atoms with Crippen LogP contribution in [0.1, 0.15) is 30.9 Å². The molecule has 2 aliphatic rings. The highest BCUT2D eigenvalue weighted by Crippen LogP contribution is 2.49. The molecule has 7 atom stereocenters. The van der Waals surface area contributed by atoms with Gasteiger partial charge in [0.15, 0.2) is 0 Å². The van der Waals surface area contributed by atoms with E-state index in [2.05, 4.69) is 9.97 Å². The molecule has 2 fully saturated rings. The highest BCUT2D eigenvalue weighted by Gasteiger charge is 2.41. The largest absolute Gasteiger partial charge is 0.394 e. The van der Waals surface area contributed by atoms with Crippen LogP contribution in [-0.4, -0.2) is 71.8 Å². The molecule has 2 aromatic rings. The second kappa shape index (κ2) is 10.6. The van der Waals surface area contributed by atoms with Gasteiger partial charge in [-0.3, -0.25) is 18.9 Å². The number of H-pyrrole nitrogens is 1. The van der Waals surface area contributed by atoms with E-state index in [1.165, 1.54) is 30.0 Å². The van der Waals surface area contributed by atoms with Crippen LogP contribution in [0, 0.1) is 6.92 Å². The standard InChI is InChI=1S/C19H26N5O10PS/c1-9-6-24(19(29)22-17(9)27)15-4-10(26)13(33-15)8-31-35(30,36)34-11-5-16(32-12(11)7-25)23-3-2-14(20)21-18(23)28/h2-3,6,10-13,15-16,25-26H,4-5,7-8H2,1H3,(H,30,36)(H2,20,21,28)(H,22,27,29)/t10?,11?,12-,13-,15?,16-,35?/m1/s1. The van der Waals surface area contributed by atoms with E-state index in [-0.39, 0.29) is 25.3 Å². The molecule has 198 valence electrons. The smallest absolute Gasteiger partial charge is 0.351 e. The summed E-state index contributed by atoms with van der Waals surface area (Å²) in [5, 5.41) is 20.0. The molecule has 0 radical (unpaired) electrons. The van der Waals surface area contributed by atoms with Gasteiger partial charge in [-0.1, -0.05) is 0 Å². The predicted octanol–water partition coefficient (Wildman–Crippen LogP) is -1.77. The lowest BCUT2D eigenvalue weighted by atomic mass is 10.2. The Morgan fingerprint density at radius 1 is 1.25 bits per heavy atom. The summed E-state index contributed by atoms with van der Waals surface area (Å²) in [5.74, 6) is 0.0409. The van der Waals surface area contributed by atoms with Crippen LogP contribution in [0.5, 0.6) is 0 Å². The number of aliphatic hydroxyl groups is 2. The Morgan fingerprint density at radius 3 is 2.64 bits per heavy atom. The van der Waals surface area contributed by atoms with Gasteiger partial charge in [-0.25, -0.2) is 9.59 Å². The maximum Gasteiger partial charge on any atom is 0.351 e. The van der Waals surface area contributed by atoms with E-state index in [4.69, 9.17) is 36.1 Å². The van der Waals surface area contributed by atoms with Crippen molar-refractivity contribution in [1.29, 1.82) is 0 Å². The molecule has 36 heavy (non-hydrogen) atoms. The molecule has 0 spiro atoms. The molecule has 6 N–H and O–H groups in total. The maximum absolute atomic E-state index is 12.1. The van der Waals surface area contributed by atoms with Gasteiger partial charge in [0.2, 0.25) is 0 Å². The number of nitrogens with two attached hydrogens (primary N) is 1. The van der Waals surface area contributed by atoms with Crippen LogP contribution in [0.4, 0.5) is 5.82 Å². The number of hydrogen-bond donors (Lipinski definition) is 5. The molecular weight excluding hydrogens is 521 g/mol. The van der Waals surface area contributed by atoms with Crippen LogP contribution in [-0.2, 0) is 30.3 Å². The van der Waals surface area contributed by atoms with E-state index in [1.807, 2.05) is 0 Å². The van der Waals surface area contributed by atoms with Crippen molar-refractivity contribution in [1.82, 2.24) is 19.1 Å². The molecule has 17 heteroatoms. The number of aromatic amines is 1. The SMILES string of the molecule is Cc1cn(C2CC(O)[C@@H](COP(O)(=S)OC3C[C@H](n4ccc(N)nc4=O)O[C@@H]3CO)O2)c(=O)[nH]c1=O. The van der Waals surface area contributed by atoms with Crippen LogP contribution < -0.4 is 22.7 Å². The van der Waals surface area contributed by atoms with Crippen molar-refractivity contribution in [2.75, 3.05) is 18.9 Å². The van der Waals surface area contributed by atoms with Crippen molar-refractivity contribution in [3.05, 3.63) is 55.3 Å². The molecule has 4 rings (SSSR count). The molecule has 15 nitrogen and oxygen atoms in total.